The van der Waals surface area contributed by atoms with E-state index in [1.807, 2.05) is 25.3 Å². The van der Waals surface area contributed by atoms with Gasteiger partial charge < -0.3 is 0 Å². The maximum Gasteiger partial charge on any atom is 0.243 e. The third kappa shape index (κ3) is 3.73. The average Bonchev–Trinajstić information content (AvgIpc) is 2.38. The van der Waals surface area contributed by atoms with E-state index in [2.05, 4.69) is 15.9 Å². The fourth-order valence-corrected chi connectivity index (χ4v) is 4.03. The van der Waals surface area contributed by atoms with Crippen molar-refractivity contribution in [3.63, 3.8) is 0 Å². The highest BCUT2D eigenvalue weighted by molar-refractivity contribution is 9.08. The molecule has 0 radical (unpaired) electrons. The largest absolute Gasteiger partial charge is 0.243 e. The van der Waals surface area contributed by atoms with Crippen molar-refractivity contribution >= 4 is 37.7 Å². The molecule has 0 saturated carbocycles. The Morgan fingerprint density at radius 1 is 1.33 bits per heavy atom. The molecule has 0 aliphatic heterocycles. The van der Waals surface area contributed by atoms with Gasteiger partial charge in [0.05, 0.1) is 4.90 Å². The van der Waals surface area contributed by atoms with Crippen LogP contribution in [-0.2, 0) is 15.4 Å². The zero-order chi connectivity index (χ0) is 13.8. The van der Waals surface area contributed by atoms with Gasteiger partial charge in [0.25, 0.3) is 0 Å². The van der Waals surface area contributed by atoms with Gasteiger partial charge in [-0.3, -0.25) is 0 Å². The molecule has 6 heteroatoms. The lowest BCUT2D eigenvalue weighted by molar-refractivity contribution is 0.415. The number of hydrogen-bond donors (Lipinski definition) is 0. The zero-order valence-corrected chi connectivity index (χ0v) is 14.0. The maximum atomic E-state index is 12.4. The summed E-state index contributed by atoms with van der Waals surface area (Å²) in [6, 6.07) is 6.96. The van der Waals surface area contributed by atoms with E-state index in [0.29, 0.717) is 4.90 Å². The molecule has 1 rings (SSSR count). The van der Waals surface area contributed by atoms with Crippen LogP contribution < -0.4 is 0 Å². The summed E-state index contributed by atoms with van der Waals surface area (Å²) in [4.78, 5) is 0.350. The minimum Gasteiger partial charge on any atom is -0.207 e. The van der Waals surface area contributed by atoms with E-state index in [1.165, 1.54) is 4.31 Å². The molecule has 0 amide bonds. The maximum absolute atomic E-state index is 12.4. The van der Waals surface area contributed by atoms with Crippen molar-refractivity contribution in [1.29, 1.82) is 0 Å². The lowest BCUT2D eigenvalue weighted by Gasteiger charge is -2.23. The first-order valence-electron chi connectivity index (χ1n) is 5.55. The minimum atomic E-state index is -3.38. The van der Waals surface area contributed by atoms with E-state index >= 15 is 0 Å². The lowest BCUT2D eigenvalue weighted by Crippen LogP contribution is -2.36. The van der Waals surface area contributed by atoms with Gasteiger partial charge in [0.2, 0.25) is 10.0 Å². The third-order valence-electron chi connectivity index (χ3n) is 2.78. The molecule has 3 nitrogen and oxygen atoms in total. The lowest BCUT2D eigenvalue weighted by atomic mass is 10.2. The number of alkyl halides is 1. The second-order valence-electron chi connectivity index (χ2n) is 4.10. The molecule has 1 unspecified atom stereocenters. The monoisotopic (exact) mass is 351 g/mol. The average molecular weight is 352 g/mol. The van der Waals surface area contributed by atoms with Gasteiger partial charge >= 0.3 is 0 Å². The molecule has 0 bridgehead atoms. The highest BCUT2D eigenvalue weighted by atomic mass is 79.9. The van der Waals surface area contributed by atoms with Crippen molar-refractivity contribution in [2.45, 2.75) is 23.2 Å². The van der Waals surface area contributed by atoms with E-state index in [9.17, 15) is 8.42 Å². The van der Waals surface area contributed by atoms with Gasteiger partial charge in [-0.2, -0.15) is 16.1 Å². The van der Waals surface area contributed by atoms with E-state index in [4.69, 9.17) is 0 Å². The number of rotatable bonds is 6. The van der Waals surface area contributed by atoms with Gasteiger partial charge in [-0.1, -0.05) is 28.1 Å². The summed E-state index contributed by atoms with van der Waals surface area (Å²) in [6.07, 6.45) is 1.97. The number of nitrogens with zero attached hydrogens (tertiary/aromatic N) is 1. The van der Waals surface area contributed by atoms with Crippen molar-refractivity contribution in [1.82, 2.24) is 4.31 Å². The minimum absolute atomic E-state index is 0.0131. The fraction of sp³-hybridized carbons (Fsp3) is 0.500. The SMILES string of the molecule is CSCC(C)N(C)S(=O)(=O)c1ccc(CBr)cc1. The van der Waals surface area contributed by atoms with Gasteiger partial charge in [0, 0.05) is 24.2 Å². The quantitative estimate of drug-likeness (QED) is 0.739. The predicted octanol–water partition coefficient (Wildman–Crippen LogP) is 2.95. The molecular formula is C12H18BrNO2S2. The van der Waals surface area contributed by atoms with Crippen molar-refractivity contribution in [2.75, 3.05) is 19.1 Å². The predicted molar refractivity (Wildman–Crippen MR) is 81.9 cm³/mol. The van der Waals surface area contributed by atoms with Crippen LogP contribution in [0.1, 0.15) is 12.5 Å². The molecular weight excluding hydrogens is 334 g/mol. The second-order valence-corrected chi connectivity index (χ2v) is 7.57. The Morgan fingerprint density at radius 3 is 2.33 bits per heavy atom. The van der Waals surface area contributed by atoms with Gasteiger partial charge in [-0.25, -0.2) is 8.42 Å². The van der Waals surface area contributed by atoms with Gasteiger partial charge in [0.1, 0.15) is 0 Å². The normalized spacial score (nSPS) is 13.8. The molecule has 0 saturated heterocycles. The Morgan fingerprint density at radius 2 is 1.89 bits per heavy atom. The first-order valence-corrected chi connectivity index (χ1v) is 9.51. The summed E-state index contributed by atoms with van der Waals surface area (Å²) in [5, 5.41) is 0.728. The molecule has 18 heavy (non-hydrogen) atoms. The summed E-state index contributed by atoms with van der Waals surface area (Å²) in [6.45, 7) is 1.92. The Labute approximate surface area is 122 Å². The highest BCUT2D eigenvalue weighted by Gasteiger charge is 2.24. The molecule has 102 valence electrons. The van der Waals surface area contributed by atoms with E-state index in [0.717, 1.165) is 16.6 Å². The number of hydrogen-bond acceptors (Lipinski definition) is 3. The molecule has 0 N–H and O–H groups in total. The summed E-state index contributed by atoms with van der Waals surface area (Å²) in [5.41, 5.74) is 1.06. The Hall–Kier alpha value is -0.0400. The molecule has 1 aromatic rings. The van der Waals surface area contributed by atoms with E-state index < -0.39 is 10.0 Å². The van der Waals surface area contributed by atoms with Crippen LogP contribution in [0.15, 0.2) is 29.2 Å². The third-order valence-corrected chi connectivity index (χ3v) is 6.23. The van der Waals surface area contributed by atoms with Crippen molar-refractivity contribution < 1.29 is 8.42 Å². The van der Waals surface area contributed by atoms with Crippen LogP contribution in [0, 0.1) is 0 Å². The Kier molecular flexibility index (Phi) is 6.17. The zero-order valence-electron chi connectivity index (χ0n) is 10.8. The molecule has 1 atom stereocenters. The highest BCUT2D eigenvalue weighted by Crippen LogP contribution is 2.19. The van der Waals surface area contributed by atoms with E-state index in [1.54, 1.807) is 30.9 Å². The van der Waals surface area contributed by atoms with Crippen molar-refractivity contribution in [2.24, 2.45) is 0 Å². The number of thioether (sulfide) groups is 1. The van der Waals surface area contributed by atoms with Gasteiger partial charge in [-0.15, -0.1) is 0 Å². The standard InChI is InChI=1S/C12H18BrNO2S2/c1-10(9-17-3)14(2)18(15,16)12-6-4-11(8-13)5-7-12/h4-7,10H,8-9H2,1-3H3. The van der Waals surface area contributed by atoms with Crippen molar-refractivity contribution in [3.05, 3.63) is 29.8 Å². The number of benzene rings is 1. The first kappa shape index (κ1) is 16.0. The summed E-state index contributed by atoms with van der Waals surface area (Å²) in [5.74, 6) is 0.787. The summed E-state index contributed by atoms with van der Waals surface area (Å²) in [7, 11) is -1.75. The van der Waals surface area contributed by atoms with Crippen LogP contribution in [0.25, 0.3) is 0 Å². The summed E-state index contributed by atoms with van der Waals surface area (Å²) < 4.78 is 26.1. The van der Waals surface area contributed by atoms with Crippen LogP contribution in [0.2, 0.25) is 0 Å². The Bertz CT molecular complexity index is 473. The fourth-order valence-electron chi connectivity index (χ4n) is 1.50. The van der Waals surface area contributed by atoms with Gasteiger partial charge in [-0.05, 0) is 30.9 Å². The van der Waals surface area contributed by atoms with Crippen LogP contribution in [0.5, 0.6) is 0 Å². The van der Waals surface area contributed by atoms with E-state index in [-0.39, 0.29) is 6.04 Å². The smallest absolute Gasteiger partial charge is 0.207 e. The van der Waals surface area contributed by atoms with Crippen LogP contribution in [0.4, 0.5) is 0 Å². The second kappa shape index (κ2) is 6.93. The van der Waals surface area contributed by atoms with Crippen LogP contribution in [0.3, 0.4) is 0 Å². The topological polar surface area (TPSA) is 37.4 Å². The number of sulfonamides is 1. The molecule has 0 fully saturated rings. The first-order chi connectivity index (χ1) is 8.43. The molecule has 1 aromatic carbocycles. The molecule has 0 aromatic heterocycles. The molecule has 0 spiro atoms. The van der Waals surface area contributed by atoms with Crippen molar-refractivity contribution in [3.8, 4) is 0 Å². The van der Waals surface area contributed by atoms with Crippen LogP contribution >= 0.6 is 27.7 Å². The van der Waals surface area contributed by atoms with Crippen LogP contribution in [-0.4, -0.2) is 37.8 Å². The van der Waals surface area contributed by atoms with Gasteiger partial charge in [0.15, 0.2) is 0 Å². The molecule has 0 heterocycles. The number of halogens is 1. The molecule has 0 aliphatic rings. The molecule has 0 aliphatic carbocycles. The summed E-state index contributed by atoms with van der Waals surface area (Å²) >= 11 is 4.99. The Balaban J connectivity index is 2.97.